The van der Waals surface area contributed by atoms with Gasteiger partial charge in [-0.15, -0.1) is 0 Å². The lowest BCUT2D eigenvalue weighted by Crippen LogP contribution is -2.36. The van der Waals surface area contributed by atoms with Gasteiger partial charge in [0.25, 0.3) is 0 Å². The molecule has 0 spiro atoms. The highest BCUT2D eigenvalue weighted by molar-refractivity contribution is 4.81. The van der Waals surface area contributed by atoms with Crippen molar-refractivity contribution in [2.45, 2.75) is 18.9 Å². The summed E-state index contributed by atoms with van der Waals surface area (Å²) in [5.41, 5.74) is 0. The van der Waals surface area contributed by atoms with Crippen molar-refractivity contribution < 1.29 is 9.84 Å². The zero-order chi connectivity index (χ0) is 10.2. The molecule has 0 heterocycles. The standard InChI is InChI=1S/C10H22N2O2/c1-14-9-7-12(6-8-13)5-4-11-10-2-3-10/h10-11,13H,2-9H2,1H3. The summed E-state index contributed by atoms with van der Waals surface area (Å²) in [6, 6.07) is 0.772. The molecule has 0 amide bonds. The Balaban J connectivity index is 1.99. The van der Waals surface area contributed by atoms with Crippen molar-refractivity contribution in [3.63, 3.8) is 0 Å². The van der Waals surface area contributed by atoms with Crippen molar-refractivity contribution in [2.24, 2.45) is 0 Å². The maximum atomic E-state index is 8.85. The van der Waals surface area contributed by atoms with Gasteiger partial charge in [0.2, 0.25) is 0 Å². The maximum Gasteiger partial charge on any atom is 0.0589 e. The molecule has 0 aromatic heterocycles. The summed E-state index contributed by atoms with van der Waals surface area (Å²) in [6.07, 6.45) is 2.66. The molecule has 1 aliphatic carbocycles. The number of aliphatic hydroxyl groups excluding tert-OH is 1. The molecule has 2 N–H and O–H groups in total. The Labute approximate surface area is 86.2 Å². The van der Waals surface area contributed by atoms with Gasteiger partial charge in [0.15, 0.2) is 0 Å². The normalized spacial score (nSPS) is 16.5. The zero-order valence-corrected chi connectivity index (χ0v) is 9.04. The van der Waals surface area contributed by atoms with E-state index in [-0.39, 0.29) is 6.61 Å². The number of methoxy groups -OCH3 is 1. The monoisotopic (exact) mass is 202 g/mol. The first-order valence-electron chi connectivity index (χ1n) is 5.42. The molecule has 0 aromatic carbocycles. The predicted octanol–water partition coefficient (Wildman–Crippen LogP) is -0.321. The van der Waals surface area contributed by atoms with Crippen LogP contribution in [0.5, 0.6) is 0 Å². The topological polar surface area (TPSA) is 44.7 Å². The minimum atomic E-state index is 0.229. The van der Waals surface area contributed by atoms with E-state index in [1.807, 2.05) is 0 Å². The smallest absolute Gasteiger partial charge is 0.0589 e. The molecule has 0 radical (unpaired) electrons. The minimum Gasteiger partial charge on any atom is -0.395 e. The highest BCUT2D eigenvalue weighted by Gasteiger charge is 2.19. The van der Waals surface area contributed by atoms with Crippen LogP contribution in [0.3, 0.4) is 0 Å². The predicted molar refractivity (Wildman–Crippen MR) is 56.4 cm³/mol. The number of nitrogens with zero attached hydrogens (tertiary/aromatic N) is 1. The molecule has 1 fully saturated rings. The maximum absolute atomic E-state index is 8.85. The van der Waals surface area contributed by atoms with Crippen molar-refractivity contribution in [1.82, 2.24) is 10.2 Å². The van der Waals surface area contributed by atoms with E-state index in [0.717, 1.165) is 38.8 Å². The third kappa shape index (κ3) is 5.54. The summed E-state index contributed by atoms with van der Waals surface area (Å²) in [4.78, 5) is 2.22. The molecule has 4 nitrogen and oxygen atoms in total. The van der Waals surface area contributed by atoms with Crippen LogP contribution in [0.25, 0.3) is 0 Å². The Morgan fingerprint density at radius 1 is 1.36 bits per heavy atom. The van der Waals surface area contributed by atoms with Gasteiger partial charge in [0.1, 0.15) is 0 Å². The van der Waals surface area contributed by atoms with Gasteiger partial charge in [0.05, 0.1) is 13.2 Å². The first-order valence-corrected chi connectivity index (χ1v) is 5.42. The number of nitrogens with one attached hydrogen (secondary N) is 1. The summed E-state index contributed by atoms with van der Waals surface area (Å²) in [7, 11) is 1.71. The molecule has 84 valence electrons. The van der Waals surface area contributed by atoms with Crippen molar-refractivity contribution in [3.05, 3.63) is 0 Å². The number of rotatable bonds is 9. The summed E-state index contributed by atoms with van der Waals surface area (Å²) >= 11 is 0. The Hall–Kier alpha value is -0.160. The Morgan fingerprint density at radius 3 is 2.71 bits per heavy atom. The summed E-state index contributed by atoms with van der Waals surface area (Å²) < 4.78 is 5.01. The van der Waals surface area contributed by atoms with E-state index in [4.69, 9.17) is 9.84 Å². The van der Waals surface area contributed by atoms with Crippen LogP contribution in [0.15, 0.2) is 0 Å². The van der Waals surface area contributed by atoms with Gasteiger partial charge >= 0.3 is 0 Å². The van der Waals surface area contributed by atoms with E-state index < -0.39 is 0 Å². The highest BCUT2D eigenvalue weighted by Crippen LogP contribution is 2.17. The van der Waals surface area contributed by atoms with E-state index in [2.05, 4.69) is 10.2 Å². The fourth-order valence-electron chi connectivity index (χ4n) is 1.41. The molecule has 0 unspecified atom stereocenters. The van der Waals surface area contributed by atoms with Crippen molar-refractivity contribution in [1.29, 1.82) is 0 Å². The van der Waals surface area contributed by atoms with Gasteiger partial charge < -0.3 is 15.2 Å². The van der Waals surface area contributed by atoms with Crippen LogP contribution in [0.1, 0.15) is 12.8 Å². The number of hydrogen-bond acceptors (Lipinski definition) is 4. The van der Waals surface area contributed by atoms with E-state index in [0.29, 0.717) is 0 Å². The molecule has 1 rings (SSSR count). The molecule has 14 heavy (non-hydrogen) atoms. The molecule has 0 bridgehead atoms. The molecule has 1 aliphatic rings. The first kappa shape index (κ1) is 11.9. The van der Waals surface area contributed by atoms with Crippen molar-refractivity contribution >= 4 is 0 Å². The highest BCUT2D eigenvalue weighted by atomic mass is 16.5. The van der Waals surface area contributed by atoms with E-state index in [1.54, 1.807) is 7.11 Å². The quantitative estimate of drug-likeness (QED) is 0.538. The molecule has 0 aliphatic heterocycles. The van der Waals surface area contributed by atoms with Gasteiger partial charge in [0, 0.05) is 39.3 Å². The SMILES string of the molecule is COCCN(CCO)CCNC1CC1. The lowest BCUT2D eigenvalue weighted by atomic mass is 10.4. The van der Waals surface area contributed by atoms with Crippen molar-refractivity contribution in [3.8, 4) is 0 Å². The Bertz CT molecular complexity index is 140. The van der Waals surface area contributed by atoms with Crippen LogP contribution >= 0.6 is 0 Å². The van der Waals surface area contributed by atoms with Crippen LogP contribution in [-0.2, 0) is 4.74 Å². The van der Waals surface area contributed by atoms with E-state index >= 15 is 0 Å². The molecular formula is C10H22N2O2. The Kier molecular flexibility index (Phi) is 6.10. The largest absolute Gasteiger partial charge is 0.395 e. The van der Waals surface area contributed by atoms with Crippen LogP contribution in [-0.4, -0.2) is 62.6 Å². The molecule has 1 saturated carbocycles. The summed E-state index contributed by atoms with van der Waals surface area (Å²) in [5.74, 6) is 0. The van der Waals surface area contributed by atoms with Gasteiger partial charge in [-0.3, -0.25) is 4.90 Å². The number of hydrogen-bond donors (Lipinski definition) is 2. The lowest BCUT2D eigenvalue weighted by Gasteiger charge is -2.20. The van der Waals surface area contributed by atoms with Gasteiger partial charge in [-0.1, -0.05) is 0 Å². The van der Waals surface area contributed by atoms with Gasteiger partial charge in [-0.2, -0.15) is 0 Å². The zero-order valence-electron chi connectivity index (χ0n) is 9.04. The Morgan fingerprint density at radius 2 is 2.14 bits per heavy atom. The van der Waals surface area contributed by atoms with Crippen LogP contribution in [0, 0.1) is 0 Å². The molecule has 0 atom stereocenters. The third-order valence-electron chi connectivity index (χ3n) is 2.47. The van der Waals surface area contributed by atoms with Crippen LogP contribution < -0.4 is 5.32 Å². The van der Waals surface area contributed by atoms with E-state index in [1.165, 1.54) is 12.8 Å². The van der Waals surface area contributed by atoms with Gasteiger partial charge in [-0.25, -0.2) is 0 Å². The fraction of sp³-hybridized carbons (Fsp3) is 1.00. The second-order valence-corrected chi connectivity index (χ2v) is 3.79. The second-order valence-electron chi connectivity index (χ2n) is 3.79. The molecular weight excluding hydrogens is 180 g/mol. The first-order chi connectivity index (χ1) is 6.86. The second kappa shape index (κ2) is 7.17. The van der Waals surface area contributed by atoms with Gasteiger partial charge in [-0.05, 0) is 12.8 Å². The van der Waals surface area contributed by atoms with Crippen LogP contribution in [0.2, 0.25) is 0 Å². The lowest BCUT2D eigenvalue weighted by molar-refractivity contribution is 0.131. The van der Waals surface area contributed by atoms with Crippen LogP contribution in [0.4, 0.5) is 0 Å². The average Bonchev–Trinajstić information content (AvgIpc) is 2.98. The minimum absolute atomic E-state index is 0.229. The third-order valence-corrected chi connectivity index (χ3v) is 2.47. The number of aliphatic hydroxyl groups is 1. The average molecular weight is 202 g/mol. The summed E-state index contributed by atoms with van der Waals surface area (Å²) in [5, 5.41) is 12.3. The summed E-state index contributed by atoms with van der Waals surface area (Å²) in [6.45, 7) is 4.64. The van der Waals surface area contributed by atoms with Crippen molar-refractivity contribution in [2.75, 3.05) is 46.5 Å². The molecule has 0 aromatic rings. The van der Waals surface area contributed by atoms with E-state index in [9.17, 15) is 0 Å². The number of ether oxygens (including phenoxy) is 1. The molecule has 0 saturated heterocycles. The fourth-order valence-corrected chi connectivity index (χ4v) is 1.41. The molecule has 4 heteroatoms.